The number of amides is 1. The number of hydrogen-bond acceptors (Lipinski definition) is 2. The molecule has 0 bridgehead atoms. The highest BCUT2D eigenvalue weighted by Crippen LogP contribution is 2.19. The zero-order valence-corrected chi connectivity index (χ0v) is 14.1. The van der Waals surface area contributed by atoms with Gasteiger partial charge in [-0.15, -0.1) is 0 Å². The van der Waals surface area contributed by atoms with Crippen molar-refractivity contribution < 1.29 is 9.53 Å². The number of nitrogens with one attached hydrogen (secondary N) is 1. The molecule has 0 aliphatic heterocycles. The van der Waals surface area contributed by atoms with Crippen LogP contribution < -0.4 is 10.1 Å². The van der Waals surface area contributed by atoms with Crippen molar-refractivity contribution in [3.8, 4) is 5.75 Å². The maximum Gasteiger partial charge on any atom is 0.261 e. The molecule has 0 saturated heterocycles. The molecule has 122 valence electrons. The lowest BCUT2D eigenvalue weighted by atomic mass is 10.0. The molecule has 0 spiro atoms. The SMILES string of the molecule is C[C@@H](Oc1ccc(Cl)cc1)C(=O)NCc1cccc2ccccc12. The molecule has 0 aliphatic carbocycles. The molecule has 3 aromatic carbocycles. The normalized spacial score (nSPS) is 11.9. The lowest BCUT2D eigenvalue weighted by Gasteiger charge is -2.15. The monoisotopic (exact) mass is 339 g/mol. The van der Waals surface area contributed by atoms with Gasteiger partial charge in [-0.2, -0.15) is 0 Å². The highest BCUT2D eigenvalue weighted by atomic mass is 35.5. The summed E-state index contributed by atoms with van der Waals surface area (Å²) in [6.45, 7) is 2.20. The smallest absolute Gasteiger partial charge is 0.261 e. The van der Waals surface area contributed by atoms with Crippen LogP contribution in [0.3, 0.4) is 0 Å². The van der Waals surface area contributed by atoms with Gasteiger partial charge in [0.05, 0.1) is 0 Å². The van der Waals surface area contributed by atoms with Crippen LogP contribution in [-0.2, 0) is 11.3 Å². The van der Waals surface area contributed by atoms with Crippen LogP contribution in [0, 0.1) is 0 Å². The van der Waals surface area contributed by atoms with Gasteiger partial charge in [-0.1, -0.05) is 54.1 Å². The molecule has 3 aromatic rings. The van der Waals surface area contributed by atoms with Crippen molar-refractivity contribution in [3.63, 3.8) is 0 Å². The van der Waals surface area contributed by atoms with Gasteiger partial charge >= 0.3 is 0 Å². The maximum atomic E-state index is 12.3. The van der Waals surface area contributed by atoms with Crippen LogP contribution in [-0.4, -0.2) is 12.0 Å². The number of ether oxygens (including phenoxy) is 1. The number of carbonyl (C=O) groups excluding carboxylic acids is 1. The third-order valence-electron chi connectivity index (χ3n) is 3.83. The molecule has 1 N–H and O–H groups in total. The quantitative estimate of drug-likeness (QED) is 0.739. The van der Waals surface area contributed by atoms with Crippen molar-refractivity contribution in [2.45, 2.75) is 19.6 Å². The summed E-state index contributed by atoms with van der Waals surface area (Å²) >= 11 is 5.84. The number of hydrogen-bond donors (Lipinski definition) is 1. The standard InChI is InChI=1S/C20H18ClNO2/c1-14(24-18-11-9-17(21)10-12-18)20(23)22-13-16-7-4-6-15-5-2-3-8-19(15)16/h2-12,14H,13H2,1H3,(H,22,23)/t14-/m1/s1. The van der Waals surface area contributed by atoms with Gasteiger partial charge in [0, 0.05) is 11.6 Å². The molecule has 3 nitrogen and oxygen atoms in total. The van der Waals surface area contributed by atoms with Crippen LogP contribution in [0.1, 0.15) is 12.5 Å². The fourth-order valence-corrected chi connectivity index (χ4v) is 2.67. The maximum absolute atomic E-state index is 12.3. The van der Waals surface area contributed by atoms with Crippen molar-refractivity contribution in [2.24, 2.45) is 0 Å². The van der Waals surface area contributed by atoms with Crippen molar-refractivity contribution in [1.82, 2.24) is 5.32 Å². The van der Waals surface area contributed by atoms with Crippen molar-refractivity contribution in [2.75, 3.05) is 0 Å². The molecule has 3 rings (SSSR count). The van der Waals surface area contributed by atoms with E-state index in [0.29, 0.717) is 17.3 Å². The highest BCUT2D eigenvalue weighted by Gasteiger charge is 2.14. The van der Waals surface area contributed by atoms with Crippen molar-refractivity contribution >= 4 is 28.3 Å². The molecule has 0 unspecified atom stereocenters. The van der Waals surface area contributed by atoms with Crippen LogP contribution in [0.25, 0.3) is 10.8 Å². The van der Waals surface area contributed by atoms with Crippen LogP contribution in [0.5, 0.6) is 5.75 Å². The summed E-state index contributed by atoms with van der Waals surface area (Å²) in [4.78, 5) is 12.3. The second-order valence-corrected chi connectivity index (χ2v) is 6.01. The van der Waals surface area contributed by atoms with Gasteiger partial charge in [0.15, 0.2) is 6.10 Å². The van der Waals surface area contributed by atoms with E-state index in [0.717, 1.165) is 16.3 Å². The molecule has 1 atom stereocenters. The molecule has 0 heterocycles. The van der Waals surface area contributed by atoms with Crippen LogP contribution in [0.4, 0.5) is 0 Å². The van der Waals surface area contributed by atoms with E-state index in [1.807, 2.05) is 24.3 Å². The summed E-state index contributed by atoms with van der Waals surface area (Å²) in [5.41, 5.74) is 1.08. The highest BCUT2D eigenvalue weighted by molar-refractivity contribution is 6.30. The van der Waals surface area contributed by atoms with E-state index in [2.05, 4.69) is 23.5 Å². The topological polar surface area (TPSA) is 38.3 Å². The number of halogens is 1. The molecule has 0 aliphatic rings. The Balaban J connectivity index is 1.63. The van der Waals surface area contributed by atoms with Gasteiger partial charge in [-0.25, -0.2) is 0 Å². The summed E-state index contributed by atoms with van der Waals surface area (Å²) in [5.74, 6) is 0.463. The third kappa shape index (κ3) is 3.87. The van der Waals surface area contributed by atoms with Gasteiger partial charge in [0.25, 0.3) is 5.91 Å². The van der Waals surface area contributed by atoms with Gasteiger partial charge in [0.1, 0.15) is 5.75 Å². The molecular weight excluding hydrogens is 322 g/mol. The summed E-state index contributed by atoms with van der Waals surface area (Å²) < 4.78 is 5.64. The number of rotatable bonds is 5. The fraction of sp³-hybridized carbons (Fsp3) is 0.150. The average Bonchev–Trinajstić information content (AvgIpc) is 2.61. The van der Waals surface area contributed by atoms with Crippen molar-refractivity contribution in [1.29, 1.82) is 0 Å². The average molecular weight is 340 g/mol. The summed E-state index contributed by atoms with van der Waals surface area (Å²) in [5, 5.41) is 5.87. The summed E-state index contributed by atoms with van der Waals surface area (Å²) in [6, 6.07) is 21.2. The summed E-state index contributed by atoms with van der Waals surface area (Å²) in [6.07, 6.45) is -0.582. The van der Waals surface area contributed by atoms with E-state index in [9.17, 15) is 4.79 Å². The Morgan fingerprint density at radius 3 is 2.54 bits per heavy atom. The number of benzene rings is 3. The molecular formula is C20H18ClNO2. The molecule has 0 radical (unpaired) electrons. The van der Waals surface area contributed by atoms with E-state index in [4.69, 9.17) is 16.3 Å². The zero-order valence-electron chi connectivity index (χ0n) is 13.3. The van der Waals surface area contributed by atoms with Crippen LogP contribution >= 0.6 is 11.6 Å². The predicted octanol–water partition coefficient (Wildman–Crippen LogP) is 4.58. The molecule has 4 heteroatoms. The van der Waals surface area contributed by atoms with Gasteiger partial charge < -0.3 is 10.1 Å². The molecule has 0 aromatic heterocycles. The van der Waals surface area contributed by atoms with E-state index >= 15 is 0 Å². The number of fused-ring (bicyclic) bond motifs is 1. The second kappa shape index (κ2) is 7.37. The van der Waals surface area contributed by atoms with Crippen LogP contribution in [0.15, 0.2) is 66.7 Å². The minimum atomic E-state index is -0.582. The van der Waals surface area contributed by atoms with Gasteiger partial charge in [-0.3, -0.25) is 4.79 Å². The zero-order chi connectivity index (χ0) is 16.9. The van der Waals surface area contributed by atoms with Gasteiger partial charge in [0.2, 0.25) is 0 Å². The Labute approximate surface area is 146 Å². The first-order valence-corrected chi connectivity index (χ1v) is 8.18. The first-order chi connectivity index (χ1) is 11.6. The van der Waals surface area contributed by atoms with E-state index in [1.165, 1.54) is 0 Å². The fourth-order valence-electron chi connectivity index (χ4n) is 2.54. The van der Waals surface area contributed by atoms with E-state index in [-0.39, 0.29) is 5.91 Å². The molecule has 1 amide bonds. The summed E-state index contributed by atoms with van der Waals surface area (Å²) in [7, 11) is 0. The molecule has 24 heavy (non-hydrogen) atoms. The predicted molar refractivity (Wildman–Crippen MR) is 97.3 cm³/mol. The Morgan fingerprint density at radius 2 is 1.75 bits per heavy atom. The number of carbonyl (C=O) groups is 1. The minimum absolute atomic E-state index is 0.155. The Kier molecular flexibility index (Phi) is 5.02. The lowest BCUT2D eigenvalue weighted by Crippen LogP contribution is -2.35. The first kappa shape index (κ1) is 16.3. The molecule has 0 fully saturated rings. The van der Waals surface area contributed by atoms with Crippen LogP contribution in [0.2, 0.25) is 5.02 Å². The largest absolute Gasteiger partial charge is 0.481 e. The van der Waals surface area contributed by atoms with Crippen molar-refractivity contribution in [3.05, 3.63) is 77.3 Å². The molecule has 0 saturated carbocycles. The third-order valence-corrected chi connectivity index (χ3v) is 4.08. The Bertz CT molecular complexity index is 840. The Hall–Kier alpha value is -2.52. The minimum Gasteiger partial charge on any atom is -0.481 e. The van der Waals surface area contributed by atoms with Gasteiger partial charge in [-0.05, 0) is 47.5 Å². The van der Waals surface area contributed by atoms with E-state index in [1.54, 1.807) is 31.2 Å². The Morgan fingerprint density at radius 1 is 1.04 bits per heavy atom. The first-order valence-electron chi connectivity index (χ1n) is 7.80. The van der Waals surface area contributed by atoms with E-state index < -0.39 is 6.10 Å². The second-order valence-electron chi connectivity index (χ2n) is 5.57. The lowest BCUT2D eigenvalue weighted by molar-refractivity contribution is -0.127.